The number of hydrogen-bond donors (Lipinski definition) is 2. The summed E-state index contributed by atoms with van der Waals surface area (Å²) >= 11 is 0. The van der Waals surface area contributed by atoms with E-state index >= 15 is 0 Å². The van der Waals surface area contributed by atoms with Gasteiger partial charge >= 0.3 is 0 Å². The fourth-order valence-electron chi connectivity index (χ4n) is 2.71. The molecule has 0 radical (unpaired) electrons. The predicted molar refractivity (Wildman–Crippen MR) is 81.7 cm³/mol. The molecule has 0 aliphatic carbocycles. The number of benzene rings is 1. The summed E-state index contributed by atoms with van der Waals surface area (Å²) in [5.41, 5.74) is 4.34. The molecule has 4 heteroatoms. The van der Waals surface area contributed by atoms with Crippen molar-refractivity contribution in [3.8, 4) is 0 Å². The summed E-state index contributed by atoms with van der Waals surface area (Å²) in [7, 11) is 0. The van der Waals surface area contributed by atoms with Gasteiger partial charge < -0.3 is 10.6 Å². The summed E-state index contributed by atoms with van der Waals surface area (Å²) in [6, 6.07) is 11.8. The number of aromatic nitrogens is 1. The van der Waals surface area contributed by atoms with Crippen LogP contribution in [0.25, 0.3) is 0 Å². The van der Waals surface area contributed by atoms with Gasteiger partial charge in [0.05, 0.1) is 12.2 Å². The Balaban J connectivity index is 1.71. The Labute approximate surface area is 124 Å². The van der Waals surface area contributed by atoms with Crippen LogP contribution in [0.2, 0.25) is 0 Å². The highest BCUT2D eigenvalue weighted by Crippen LogP contribution is 2.22. The van der Waals surface area contributed by atoms with Gasteiger partial charge in [-0.05, 0) is 36.1 Å². The topological polar surface area (TPSA) is 54.0 Å². The molecule has 0 bridgehead atoms. The Morgan fingerprint density at radius 1 is 1.33 bits per heavy atom. The molecule has 21 heavy (non-hydrogen) atoms. The average molecular weight is 281 g/mol. The van der Waals surface area contributed by atoms with Crippen LogP contribution in [0.4, 0.5) is 0 Å². The van der Waals surface area contributed by atoms with Gasteiger partial charge in [-0.1, -0.05) is 30.3 Å². The van der Waals surface area contributed by atoms with Crippen molar-refractivity contribution >= 4 is 5.91 Å². The van der Waals surface area contributed by atoms with E-state index in [0.717, 1.165) is 29.8 Å². The first-order chi connectivity index (χ1) is 10.3. The Kier molecular flexibility index (Phi) is 3.97. The normalized spacial score (nSPS) is 17.1. The summed E-state index contributed by atoms with van der Waals surface area (Å²) in [6.07, 6.45) is 2.72. The summed E-state index contributed by atoms with van der Waals surface area (Å²) in [5, 5.41) is 6.28. The molecule has 1 aliphatic rings. The number of nitrogens with zero attached hydrogens (tertiary/aromatic N) is 1. The lowest BCUT2D eigenvalue weighted by molar-refractivity contribution is -0.123. The van der Waals surface area contributed by atoms with Crippen molar-refractivity contribution in [2.75, 3.05) is 6.54 Å². The first-order valence-corrected chi connectivity index (χ1v) is 7.25. The van der Waals surface area contributed by atoms with Crippen molar-refractivity contribution in [3.05, 3.63) is 65.0 Å². The van der Waals surface area contributed by atoms with Gasteiger partial charge in [0.25, 0.3) is 0 Å². The van der Waals surface area contributed by atoms with E-state index in [1.54, 1.807) is 6.20 Å². The molecular formula is C17H19N3O. The van der Waals surface area contributed by atoms with E-state index < -0.39 is 0 Å². The summed E-state index contributed by atoms with van der Waals surface area (Å²) in [5.74, 6) is 0.00667. The van der Waals surface area contributed by atoms with Crippen LogP contribution in [0, 0.1) is 6.92 Å². The predicted octanol–water partition coefficient (Wildman–Crippen LogP) is 1.89. The van der Waals surface area contributed by atoms with Crippen molar-refractivity contribution in [1.29, 1.82) is 0 Å². The minimum atomic E-state index is -0.265. The van der Waals surface area contributed by atoms with Crippen LogP contribution < -0.4 is 10.6 Å². The average Bonchev–Trinajstić information content (AvgIpc) is 2.53. The highest BCUT2D eigenvalue weighted by atomic mass is 16.2. The van der Waals surface area contributed by atoms with Crippen molar-refractivity contribution < 1.29 is 4.79 Å². The van der Waals surface area contributed by atoms with Gasteiger partial charge in [0, 0.05) is 12.7 Å². The van der Waals surface area contributed by atoms with Gasteiger partial charge in [-0.25, -0.2) is 0 Å². The number of aryl methyl sites for hydroxylation is 1. The minimum Gasteiger partial charge on any atom is -0.349 e. The maximum atomic E-state index is 12.4. The van der Waals surface area contributed by atoms with Crippen molar-refractivity contribution in [2.24, 2.45) is 0 Å². The molecule has 2 N–H and O–H groups in total. The number of amides is 1. The third-order valence-corrected chi connectivity index (χ3v) is 3.92. The van der Waals surface area contributed by atoms with Crippen molar-refractivity contribution in [1.82, 2.24) is 15.6 Å². The van der Waals surface area contributed by atoms with E-state index in [2.05, 4.69) is 21.7 Å². The van der Waals surface area contributed by atoms with Crippen molar-refractivity contribution in [3.63, 3.8) is 0 Å². The molecule has 0 fully saturated rings. The highest BCUT2D eigenvalue weighted by Gasteiger charge is 2.25. The number of hydrogen-bond acceptors (Lipinski definition) is 3. The molecule has 1 aromatic heterocycles. The zero-order valence-electron chi connectivity index (χ0n) is 12.1. The second kappa shape index (κ2) is 6.06. The van der Waals surface area contributed by atoms with Crippen LogP contribution >= 0.6 is 0 Å². The quantitative estimate of drug-likeness (QED) is 0.903. The molecule has 1 unspecified atom stereocenters. The number of fused-ring (bicyclic) bond motifs is 1. The van der Waals surface area contributed by atoms with Gasteiger partial charge in [-0.3, -0.25) is 9.78 Å². The maximum absolute atomic E-state index is 12.4. The SMILES string of the molecule is Cc1cccnc1CNC(=O)C1NCCc2ccccc21. The zero-order chi connectivity index (χ0) is 14.7. The fraction of sp³-hybridized carbons (Fsp3) is 0.294. The molecule has 0 saturated heterocycles. The van der Waals surface area contributed by atoms with Crippen LogP contribution in [0.15, 0.2) is 42.6 Å². The highest BCUT2D eigenvalue weighted by molar-refractivity contribution is 5.83. The largest absolute Gasteiger partial charge is 0.349 e. The smallest absolute Gasteiger partial charge is 0.242 e. The van der Waals surface area contributed by atoms with E-state index in [1.165, 1.54) is 5.56 Å². The Morgan fingerprint density at radius 2 is 2.19 bits per heavy atom. The molecule has 1 aromatic carbocycles. The van der Waals surface area contributed by atoms with E-state index in [0.29, 0.717) is 6.54 Å². The molecule has 1 amide bonds. The lowest BCUT2D eigenvalue weighted by atomic mass is 9.94. The van der Waals surface area contributed by atoms with E-state index in [4.69, 9.17) is 0 Å². The van der Waals surface area contributed by atoms with Crippen LogP contribution in [0.3, 0.4) is 0 Å². The van der Waals surface area contributed by atoms with Gasteiger partial charge in [-0.15, -0.1) is 0 Å². The van der Waals surface area contributed by atoms with E-state index in [1.807, 2.05) is 37.3 Å². The Bertz CT molecular complexity index is 654. The second-order valence-electron chi connectivity index (χ2n) is 5.32. The molecule has 0 spiro atoms. The number of carbonyl (C=O) groups excluding carboxylic acids is 1. The van der Waals surface area contributed by atoms with E-state index in [-0.39, 0.29) is 11.9 Å². The number of carbonyl (C=O) groups is 1. The molecule has 0 saturated carbocycles. The third-order valence-electron chi connectivity index (χ3n) is 3.92. The number of pyridine rings is 1. The summed E-state index contributed by atoms with van der Waals surface area (Å²) in [6.45, 7) is 3.30. The Hall–Kier alpha value is -2.20. The second-order valence-corrected chi connectivity index (χ2v) is 5.32. The zero-order valence-corrected chi connectivity index (χ0v) is 12.1. The monoisotopic (exact) mass is 281 g/mol. The molecule has 4 nitrogen and oxygen atoms in total. The third kappa shape index (κ3) is 2.95. The molecule has 108 valence electrons. The van der Waals surface area contributed by atoms with Gasteiger partial charge in [-0.2, -0.15) is 0 Å². The summed E-state index contributed by atoms with van der Waals surface area (Å²) < 4.78 is 0. The minimum absolute atomic E-state index is 0.00667. The molecule has 3 rings (SSSR count). The van der Waals surface area contributed by atoms with Crippen LogP contribution in [0.5, 0.6) is 0 Å². The maximum Gasteiger partial charge on any atom is 0.242 e. The van der Waals surface area contributed by atoms with Crippen LogP contribution in [-0.4, -0.2) is 17.4 Å². The summed E-state index contributed by atoms with van der Waals surface area (Å²) in [4.78, 5) is 16.7. The molecule has 1 atom stereocenters. The van der Waals surface area contributed by atoms with Gasteiger partial charge in [0.1, 0.15) is 6.04 Å². The van der Waals surface area contributed by atoms with Crippen molar-refractivity contribution in [2.45, 2.75) is 25.9 Å². The van der Waals surface area contributed by atoms with Gasteiger partial charge in [0.15, 0.2) is 0 Å². The molecular weight excluding hydrogens is 262 g/mol. The van der Waals surface area contributed by atoms with Crippen LogP contribution in [-0.2, 0) is 17.8 Å². The molecule has 1 aliphatic heterocycles. The Morgan fingerprint density at radius 3 is 3.05 bits per heavy atom. The standard InChI is InChI=1S/C17H19N3O/c1-12-5-4-9-18-15(12)11-20-17(21)16-14-7-3-2-6-13(14)8-10-19-16/h2-7,9,16,19H,8,10-11H2,1H3,(H,20,21). The van der Waals surface area contributed by atoms with Crippen LogP contribution in [0.1, 0.15) is 28.4 Å². The first-order valence-electron chi connectivity index (χ1n) is 7.25. The first kappa shape index (κ1) is 13.8. The van der Waals surface area contributed by atoms with Gasteiger partial charge in [0.2, 0.25) is 5.91 Å². The molecule has 2 heterocycles. The number of nitrogens with one attached hydrogen (secondary N) is 2. The molecule has 2 aromatic rings. The number of rotatable bonds is 3. The fourth-order valence-corrected chi connectivity index (χ4v) is 2.71. The lowest BCUT2D eigenvalue weighted by Crippen LogP contribution is -2.41. The van der Waals surface area contributed by atoms with E-state index in [9.17, 15) is 4.79 Å². The lowest BCUT2D eigenvalue weighted by Gasteiger charge is -2.26.